The normalized spacial score (nSPS) is 15.0. The lowest BCUT2D eigenvalue weighted by atomic mass is 9.90. The number of fused-ring (bicyclic) bond motifs is 2. The molecular formula is C33H39N5O3S. The van der Waals surface area contributed by atoms with Crippen LogP contribution < -0.4 is 15.4 Å². The highest BCUT2D eigenvalue weighted by Crippen LogP contribution is 2.38. The van der Waals surface area contributed by atoms with E-state index in [1.165, 1.54) is 16.9 Å². The number of benzene rings is 1. The molecule has 0 saturated heterocycles. The van der Waals surface area contributed by atoms with E-state index in [4.69, 9.17) is 0 Å². The predicted octanol–water partition coefficient (Wildman–Crippen LogP) is 5.26. The number of hydrogen-bond donors (Lipinski definition) is 0. The maximum Gasteiger partial charge on any atom is 0.268 e. The highest BCUT2D eigenvalue weighted by molar-refractivity contribution is 7.17. The second-order valence-electron chi connectivity index (χ2n) is 11.5. The van der Waals surface area contributed by atoms with E-state index in [-0.39, 0.29) is 17.4 Å². The van der Waals surface area contributed by atoms with E-state index in [9.17, 15) is 14.4 Å². The molecule has 0 N–H and O–H groups in total. The van der Waals surface area contributed by atoms with E-state index >= 15 is 0 Å². The van der Waals surface area contributed by atoms with Gasteiger partial charge in [-0.1, -0.05) is 12.1 Å². The van der Waals surface area contributed by atoms with Gasteiger partial charge in [-0.3, -0.25) is 24.3 Å². The summed E-state index contributed by atoms with van der Waals surface area (Å²) in [6.07, 6.45) is 5.43. The van der Waals surface area contributed by atoms with Gasteiger partial charge in [0, 0.05) is 51.3 Å². The molecule has 1 aliphatic rings. The minimum Gasteiger partial charge on any atom is -0.313 e. The number of anilines is 2. The van der Waals surface area contributed by atoms with Gasteiger partial charge in [0.15, 0.2) is 0 Å². The van der Waals surface area contributed by atoms with Crippen molar-refractivity contribution in [3.8, 4) is 0 Å². The van der Waals surface area contributed by atoms with E-state index in [0.717, 1.165) is 65.2 Å². The minimum atomic E-state index is -1.12. The Balaban J connectivity index is 1.32. The fraction of sp³-hybridized carbons (Fsp3) is 0.394. The van der Waals surface area contributed by atoms with Gasteiger partial charge < -0.3 is 14.4 Å². The van der Waals surface area contributed by atoms with E-state index in [1.807, 2.05) is 60.5 Å². The smallest absolute Gasteiger partial charge is 0.268 e. The first kappa shape index (κ1) is 29.7. The molecule has 0 aliphatic carbocycles. The lowest BCUT2D eigenvalue weighted by Crippen LogP contribution is -2.47. The molecule has 5 rings (SSSR count). The molecule has 1 aromatic carbocycles. The molecule has 4 aromatic rings. The van der Waals surface area contributed by atoms with Crippen LogP contribution in [0.15, 0.2) is 65.0 Å². The molecule has 0 radical (unpaired) electrons. The fourth-order valence-electron chi connectivity index (χ4n) is 5.72. The van der Waals surface area contributed by atoms with Gasteiger partial charge in [-0.25, -0.2) is 0 Å². The molecule has 0 unspecified atom stereocenters. The molecule has 0 atom stereocenters. The SMILES string of the molecule is CCN1C(=O)C(C)(C)C(=O)N(C)c2cc(CCCN(CCn3ccc4ccsc4c3=O)Cc3cccnc3C)ccc21. The molecule has 2 amide bonds. The predicted molar refractivity (Wildman–Crippen MR) is 170 cm³/mol. The average molecular weight is 586 g/mol. The maximum absolute atomic E-state index is 13.2. The third-order valence-electron chi connectivity index (χ3n) is 8.32. The van der Waals surface area contributed by atoms with E-state index in [0.29, 0.717) is 13.1 Å². The number of nitrogens with zero attached hydrogens (tertiary/aromatic N) is 5. The van der Waals surface area contributed by atoms with Gasteiger partial charge in [-0.15, -0.1) is 11.3 Å². The van der Waals surface area contributed by atoms with E-state index in [2.05, 4.69) is 28.1 Å². The van der Waals surface area contributed by atoms with Crippen molar-refractivity contribution in [2.45, 2.75) is 53.6 Å². The number of rotatable bonds is 10. The summed E-state index contributed by atoms with van der Waals surface area (Å²) in [5, 5.41) is 2.95. The first-order chi connectivity index (χ1) is 20.1. The number of carbonyl (C=O) groups is 2. The van der Waals surface area contributed by atoms with Crippen LogP contribution in [0.4, 0.5) is 11.4 Å². The number of thiophene rings is 1. The molecule has 9 heteroatoms. The van der Waals surface area contributed by atoms with Gasteiger partial charge in [-0.2, -0.15) is 0 Å². The van der Waals surface area contributed by atoms with Crippen molar-refractivity contribution >= 4 is 44.6 Å². The van der Waals surface area contributed by atoms with Crippen LogP contribution in [0.3, 0.4) is 0 Å². The Morgan fingerprint density at radius 3 is 2.57 bits per heavy atom. The average Bonchev–Trinajstić information content (AvgIpc) is 3.46. The van der Waals surface area contributed by atoms with Crippen LogP contribution in [0, 0.1) is 12.3 Å². The van der Waals surface area contributed by atoms with Gasteiger partial charge in [0.2, 0.25) is 11.8 Å². The quantitative estimate of drug-likeness (QED) is 0.238. The van der Waals surface area contributed by atoms with Crippen LogP contribution in [0.25, 0.3) is 10.1 Å². The molecule has 4 heterocycles. The number of hydrogen-bond acceptors (Lipinski definition) is 6. The second-order valence-corrected chi connectivity index (χ2v) is 12.4. The number of amides is 2. The molecule has 8 nitrogen and oxygen atoms in total. The van der Waals surface area contributed by atoms with Gasteiger partial charge in [0.05, 0.1) is 16.1 Å². The molecule has 220 valence electrons. The van der Waals surface area contributed by atoms with Crippen molar-refractivity contribution in [2.24, 2.45) is 5.41 Å². The monoisotopic (exact) mass is 585 g/mol. The van der Waals surface area contributed by atoms with Crippen LogP contribution in [0.2, 0.25) is 0 Å². The topological polar surface area (TPSA) is 78.8 Å². The molecule has 3 aromatic heterocycles. The Kier molecular flexibility index (Phi) is 8.61. The van der Waals surface area contributed by atoms with Crippen LogP contribution >= 0.6 is 11.3 Å². The summed E-state index contributed by atoms with van der Waals surface area (Å²) in [4.78, 5) is 49.6. The van der Waals surface area contributed by atoms with Crippen LogP contribution in [0.5, 0.6) is 0 Å². The lowest BCUT2D eigenvalue weighted by Gasteiger charge is -2.27. The first-order valence-corrected chi connectivity index (χ1v) is 15.4. The van der Waals surface area contributed by atoms with Crippen LogP contribution in [-0.4, -0.2) is 52.9 Å². The third kappa shape index (κ3) is 5.76. The zero-order chi connectivity index (χ0) is 30.0. The van der Waals surface area contributed by atoms with E-state index < -0.39 is 5.41 Å². The summed E-state index contributed by atoms with van der Waals surface area (Å²) in [6.45, 7) is 10.8. The molecule has 0 saturated carbocycles. The molecule has 42 heavy (non-hydrogen) atoms. The number of aromatic nitrogens is 2. The molecule has 0 bridgehead atoms. The van der Waals surface area contributed by atoms with Gasteiger partial charge in [-0.05, 0) is 99.3 Å². The second kappa shape index (κ2) is 12.2. The third-order valence-corrected chi connectivity index (χ3v) is 9.24. The van der Waals surface area contributed by atoms with Crippen molar-refractivity contribution in [2.75, 3.05) is 36.5 Å². The summed E-state index contributed by atoms with van der Waals surface area (Å²) < 4.78 is 2.61. The summed E-state index contributed by atoms with van der Waals surface area (Å²) in [5.41, 5.74) is 3.79. The van der Waals surface area contributed by atoms with Gasteiger partial charge in [0.1, 0.15) is 5.41 Å². The highest BCUT2D eigenvalue weighted by Gasteiger charge is 2.45. The van der Waals surface area contributed by atoms with Gasteiger partial charge >= 0.3 is 0 Å². The lowest BCUT2D eigenvalue weighted by molar-refractivity contribution is -0.137. The summed E-state index contributed by atoms with van der Waals surface area (Å²) in [7, 11) is 1.76. The Labute approximate surface area is 251 Å². The summed E-state index contributed by atoms with van der Waals surface area (Å²) in [6, 6.07) is 14.2. The van der Waals surface area contributed by atoms with Crippen molar-refractivity contribution in [1.82, 2.24) is 14.5 Å². The number of pyridine rings is 2. The maximum atomic E-state index is 13.2. The zero-order valence-corrected chi connectivity index (χ0v) is 25.9. The van der Waals surface area contributed by atoms with Crippen molar-refractivity contribution in [3.63, 3.8) is 0 Å². The zero-order valence-electron chi connectivity index (χ0n) is 25.1. The Bertz CT molecular complexity index is 1670. The molecular weight excluding hydrogens is 546 g/mol. The fourth-order valence-corrected chi connectivity index (χ4v) is 6.56. The van der Waals surface area contributed by atoms with Crippen molar-refractivity contribution in [3.05, 3.63) is 87.4 Å². The Morgan fingerprint density at radius 1 is 1.00 bits per heavy atom. The Hall–Kier alpha value is -3.82. The van der Waals surface area contributed by atoms with Crippen LogP contribution in [0.1, 0.15) is 44.0 Å². The molecule has 0 fully saturated rings. The van der Waals surface area contributed by atoms with Gasteiger partial charge in [0.25, 0.3) is 5.56 Å². The first-order valence-electron chi connectivity index (χ1n) is 14.5. The highest BCUT2D eigenvalue weighted by atomic mass is 32.1. The molecule has 0 spiro atoms. The largest absolute Gasteiger partial charge is 0.313 e. The summed E-state index contributed by atoms with van der Waals surface area (Å²) in [5.74, 6) is -0.372. The molecule has 1 aliphatic heterocycles. The minimum absolute atomic E-state index is 0.0615. The van der Waals surface area contributed by atoms with Crippen LogP contribution in [-0.2, 0) is 29.1 Å². The Morgan fingerprint density at radius 2 is 1.81 bits per heavy atom. The standard InChI is InChI=1S/C33H39N5O3S/c1-6-38-27-12-11-24(21-28(27)35(5)31(40)33(3,4)32(38)41)9-8-16-36(22-26-10-7-15-34-23(26)2)18-19-37-17-13-25-14-20-42-29(25)30(37)39/h7,10-15,17,20-21H,6,8-9,16,18-19,22H2,1-5H3. The van der Waals surface area contributed by atoms with E-state index in [1.54, 1.807) is 30.7 Å². The summed E-state index contributed by atoms with van der Waals surface area (Å²) >= 11 is 1.49. The number of carbonyl (C=O) groups excluding carboxylic acids is 2. The van der Waals surface area contributed by atoms with Crippen molar-refractivity contribution < 1.29 is 9.59 Å². The van der Waals surface area contributed by atoms with Crippen molar-refractivity contribution in [1.29, 1.82) is 0 Å². The number of aryl methyl sites for hydroxylation is 2.